The molecule has 0 amide bonds. The van der Waals surface area contributed by atoms with Crippen molar-refractivity contribution in [3.63, 3.8) is 0 Å². The summed E-state index contributed by atoms with van der Waals surface area (Å²) >= 11 is 0. The molecule has 0 saturated heterocycles. The predicted octanol–water partition coefficient (Wildman–Crippen LogP) is 2.84. The molecule has 0 aliphatic heterocycles. The van der Waals surface area contributed by atoms with Crippen molar-refractivity contribution in [2.24, 2.45) is 7.05 Å². The second kappa shape index (κ2) is 5.46. The van der Waals surface area contributed by atoms with E-state index in [4.69, 9.17) is 4.52 Å². The minimum absolute atomic E-state index is 0.118. The first kappa shape index (κ1) is 13.9. The van der Waals surface area contributed by atoms with E-state index >= 15 is 0 Å². The van der Waals surface area contributed by atoms with Crippen LogP contribution in [0.15, 0.2) is 41.4 Å². The van der Waals surface area contributed by atoms with E-state index in [1.54, 1.807) is 10.9 Å². The molecule has 4 rings (SSSR count). The van der Waals surface area contributed by atoms with Gasteiger partial charge in [-0.25, -0.2) is 0 Å². The second-order valence-corrected chi connectivity index (χ2v) is 5.91. The average molecular weight is 307 g/mol. The monoisotopic (exact) mass is 307 g/mol. The Balaban J connectivity index is 1.61. The minimum atomic E-state index is -0.118. The van der Waals surface area contributed by atoms with Gasteiger partial charge in [-0.3, -0.25) is 9.67 Å². The van der Waals surface area contributed by atoms with Gasteiger partial charge in [0.25, 0.3) is 5.89 Å². The summed E-state index contributed by atoms with van der Waals surface area (Å²) < 4.78 is 7.16. The third-order valence-corrected chi connectivity index (χ3v) is 4.45. The first-order chi connectivity index (χ1) is 11.3. The van der Waals surface area contributed by atoms with Crippen LogP contribution in [0.25, 0.3) is 12.2 Å². The standard InChI is InChI=1S/C17H17N5O/c1-22-12-13(11-19-22)3-4-15-20-16(21-23-15)17(7-2-8-17)14-5-9-18-10-6-14/h3-6,9-12H,2,7-8H2,1H3. The van der Waals surface area contributed by atoms with Crippen LogP contribution in [0, 0.1) is 0 Å². The van der Waals surface area contributed by atoms with E-state index in [2.05, 4.69) is 20.2 Å². The zero-order chi connectivity index (χ0) is 15.7. The van der Waals surface area contributed by atoms with E-state index in [1.165, 1.54) is 12.0 Å². The number of rotatable bonds is 4. The lowest BCUT2D eigenvalue weighted by Gasteiger charge is -2.39. The van der Waals surface area contributed by atoms with E-state index in [-0.39, 0.29) is 5.41 Å². The van der Waals surface area contributed by atoms with Crippen molar-refractivity contribution >= 4 is 12.2 Å². The first-order valence-electron chi connectivity index (χ1n) is 7.68. The van der Waals surface area contributed by atoms with Crippen LogP contribution in [0.5, 0.6) is 0 Å². The molecule has 3 heterocycles. The Kier molecular flexibility index (Phi) is 3.29. The lowest BCUT2D eigenvalue weighted by atomic mass is 9.64. The third kappa shape index (κ3) is 2.46. The topological polar surface area (TPSA) is 69.6 Å². The Morgan fingerprint density at radius 3 is 2.70 bits per heavy atom. The van der Waals surface area contributed by atoms with Crippen LogP contribution in [0.4, 0.5) is 0 Å². The molecule has 1 fully saturated rings. The fraction of sp³-hybridized carbons (Fsp3) is 0.294. The molecule has 0 N–H and O–H groups in total. The molecule has 116 valence electrons. The quantitative estimate of drug-likeness (QED) is 0.741. The lowest BCUT2D eigenvalue weighted by Crippen LogP contribution is -2.36. The minimum Gasteiger partial charge on any atom is -0.335 e. The second-order valence-electron chi connectivity index (χ2n) is 5.91. The zero-order valence-electron chi connectivity index (χ0n) is 12.9. The van der Waals surface area contributed by atoms with Gasteiger partial charge in [0.2, 0.25) is 0 Å². The molecule has 1 saturated carbocycles. The number of hydrogen-bond acceptors (Lipinski definition) is 5. The van der Waals surface area contributed by atoms with Crippen molar-refractivity contribution < 1.29 is 4.52 Å². The van der Waals surface area contributed by atoms with Gasteiger partial charge in [-0.15, -0.1) is 0 Å². The molecule has 23 heavy (non-hydrogen) atoms. The predicted molar refractivity (Wildman–Crippen MR) is 85.3 cm³/mol. The van der Waals surface area contributed by atoms with Crippen molar-refractivity contribution in [3.05, 3.63) is 59.8 Å². The summed E-state index contributed by atoms with van der Waals surface area (Å²) in [5.41, 5.74) is 2.09. The highest BCUT2D eigenvalue weighted by atomic mass is 16.5. The van der Waals surface area contributed by atoms with Gasteiger partial charge >= 0.3 is 0 Å². The molecule has 0 unspecified atom stereocenters. The van der Waals surface area contributed by atoms with Gasteiger partial charge in [0.15, 0.2) is 5.82 Å². The van der Waals surface area contributed by atoms with Gasteiger partial charge in [-0.1, -0.05) is 11.6 Å². The molecule has 0 atom stereocenters. The van der Waals surface area contributed by atoms with Crippen LogP contribution in [0.3, 0.4) is 0 Å². The Morgan fingerprint density at radius 1 is 1.22 bits per heavy atom. The molecule has 3 aromatic heterocycles. The molecule has 3 aromatic rings. The highest BCUT2D eigenvalue weighted by Crippen LogP contribution is 2.47. The molecule has 1 aliphatic rings. The summed E-state index contributed by atoms with van der Waals surface area (Å²) in [6.07, 6.45) is 14.4. The Labute approximate surface area is 133 Å². The molecular formula is C17H17N5O. The van der Waals surface area contributed by atoms with E-state index < -0.39 is 0 Å². The maximum absolute atomic E-state index is 5.41. The molecule has 6 heteroatoms. The van der Waals surface area contributed by atoms with E-state index in [0.29, 0.717) is 5.89 Å². The highest BCUT2D eigenvalue weighted by molar-refractivity contribution is 5.65. The van der Waals surface area contributed by atoms with Crippen molar-refractivity contribution in [2.45, 2.75) is 24.7 Å². The molecule has 1 aliphatic carbocycles. The Bertz CT molecular complexity index is 830. The summed E-state index contributed by atoms with van der Waals surface area (Å²) in [7, 11) is 1.89. The molecule has 0 spiro atoms. The lowest BCUT2D eigenvalue weighted by molar-refractivity contribution is 0.272. The summed E-state index contributed by atoms with van der Waals surface area (Å²) in [6.45, 7) is 0. The summed E-state index contributed by atoms with van der Waals surface area (Å²) in [6, 6.07) is 4.08. The van der Waals surface area contributed by atoms with Crippen molar-refractivity contribution in [1.82, 2.24) is 24.9 Å². The highest BCUT2D eigenvalue weighted by Gasteiger charge is 2.44. The summed E-state index contributed by atoms with van der Waals surface area (Å²) in [5, 5.41) is 8.35. The van der Waals surface area contributed by atoms with E-state index in [0.717, 1.165) is 24.2 Å². The largest absolute Gasteiger partial charge is 0.335 e. The number of hydrogen-bond donors (Lipinski definition) is 0. The van der Waals surface area contributed by atoms with Crippen LogP contribution >= 0.6 is 0 Å². The van der Waals surface area contributed by atoms with Gasteiger partial charge in [0, 0.05) is 37.3 Å². The summed E-state index contributed by atoms with van der Waals surface area (Å²) in [5.74, 6) is 1.28. The van der Waals surface area contributed by atoms with Gasteiger partial charge < -0.3 is 4.52 Å². The first-order valence-corrected chi connectivity index (χ1v) is 7.68. The number of aromatic nitrogens is 5. The fourth-order valence-corrected chi connectivity index (χ4v) is 3.03. The molecule has 6 nitrogen and oxygen atoms in total. The average Bonchev–Trinajstić information content (AvgIpc) is 3.15. The molecule has 0 radical (unpaired) electrons. The van der Waals surface area contributed by atoms with Crippen molar-refractivity contribution in [1.29, 1.82) is 0 Å². The number of aryl methyl sites for hydroxylation is 1. The van der Waals surface area contributed by atoms with Crippen LogP contribution in [0.1, 0.15) is 42.1 Å². The van der Waals surface area contributed by atoms with E-state index in [1.807, 2.05) is 49.9 Å². The van der Waals surface area contributed by atoms with Crippen LogP contribution in [-0.4, -0.2) is 24.9 Å². The van der Waals surface area contributed by atoms with Gasteiger partial charge in [-0.05, 0) is 36.6 Å². The Morgan fingerprint density at radius 2 is 2.04 bits per heavy atom. The van der Waals surface area contributed by atoms with Crippen molar-refractivity contribution in [3.8, 4) is 0 Å². The smallest absolute Gasteiger partial charge is 0.250 e. The summed E-state index contributed by atoms with van der Waals surface area (Å²) in [4.78, 5) is 8.69. The van der Waals surface area contributed by atoms with Crippen LogP contribution < -0.4 is 0 Å². The maximum Gasteiger partial charge on any atom is 0.250 e. The van der Waals surface area contributed by atoms with Crippen molar-refractivity contribution in [2.75, 3.05) is 0 Å². The molecule has 0 aromatic carbocycles. The molecule has 0 bridgehead atoms. The normalized spacial score (nSPS) is 16.6. The van der Waals surface area contributed by atoms with Crippen LogP contribution in [0.2, 0.25) is 0 Å². The van der Waals surface area contributed by atoms with Gasteiger partial charge in [0.1, 0.15) is 0 Å². The number of pyridine rings is 1. The molecular weight excluding hydrogens is 290 g/mol. The van der Waals surface area contributed by atoms with E-state index in [9.17, 15) is 0 Å². The fourth-order valence-electron chi connectivity index (χ4n) is 3.03. The SMILES string of the molecule is Cn1cc(C=Cc2nc(C3(c4ccncc4)CCC3)no2)cn1. The van der Waals surface area contributed by atoms with Crippen LogP contribution in [-0.2, 0) is 12.5 Å². The zero-order valence-corrected chi connectivity index (χ0v) is 12.9. The van der Waals surface area contributed by atoms with Gasteiger partial charge in [-0.2, -0.15) is 10.1 Å². The Hall–Kier alpha value is -2.76. The van der Waals surface area contributed by atoms with Gasteiger partial charge in [0.05, 0.1) is 11.6 Å². The number of nitrogens with zero attached hydrogens (tertiary/aromatic N) is 5. The maximum atomic E-state index is 5.41. The third-order valence-electron chi connectivity index (χ3n) is 4.45.